The van der Waals surface area contributed by atoms with Crippen LogP contribution in [0.2, 0.25) is 0 Å². The van der Waals surface area contributed by atoms with Crippen molar-refractivity contribution in [3.05, 3.63) is 35.4 Å². The number of nitrogens with one attached hydrogen (secondary N) is 2. The standard InChI is InChI=1S/C21H38N4O2/c1-6-22-21(23-12-9-13-27-15-14-26-5)24-16-19-10-7-8-11-20(19)17-25(4)18(2)3/h7-8,10-11,18H,6,9,12-17H2,1-5H3,(H2,22,23,24). The Labute approximate surface area is 165 Å². The zero-order chi connectivity index (χ0) is 19.9. The average Bonchev–Trinajstić information content (AvgIpc) is 2.66. The molecule has 27 heavy (non-hydrogen) atoms. The molecule has 154 valence electrons. The van der Waals surface area contributed by atoms with Gasteiger partial charge in [0.2, 0.25) is 0 Å². The van der Waals surface area contributed by atoms with Gasteiger partial charge in [0.15, 0.2) is 5.96 Å². The molecule has 0 radical (unpaired) electrons. The molecule has 6 nitrogen and oxygen atoms in total. The molecule has 0 saturated carbocycles. The van der Waals surface area contributed by atoms with Gasteiger partial charge in [0.1, 0.15) is 0 Å². The van der Waals surface area contributed by atoms with E-state index < -0.39 is 0 Å². The van der Waals surface area contributed by atoms with Crippen molar-refractivity contribution in [2.45, 2.75) is 46.3 Å². The molecule has 0 aromatic heterocycles. The highest BCUT2D eigenvalue weighted by Crippen LogP contribution is 2.13. The van der Waals surface area contributed by atoms with Crippen LogP contribution in [-0.2, 0) is 22.6 Å². The first kappa shape index (κ1) is 23.4. The SMILES string of the molecule is CCNC(=NCc1ccccc1CN(C)C(C)C)NCCCOCCOC. The topological polar surface area (TPSA) is 58.1 Å². The van der Waals surface area contributed by atoms with Crippen LogP contribution in [0.4, 0.5) is 0 Å². The molecule has 1 aromatic carbocycles. The van der Waals surface area contributed by atoms with Crippen LogP contribution in [-0.4, -0.2) is 64.0 Å². The van der Waals surface area contributed by atoms with Crippen molar-refractivity contribution < 1.29 is 9.47 Å². The second kappa shape index (κ2) is 14.4. The number of methoxy groups -OCH3 is 1. The molecule has 0 saturated heterocycles. The van der Waals surface area contributed by atoms with Crippen molar-refractivity contribution in [2.24, 2.45) is 4.99 Å². The first-order valence-electron chi connectivity index (χ1n) is 9.94. The zero-order valence-electron chi connectivity index (χ0n) is 17.8. The molecule has 1 aromatic rings. The summed E-state index contributed by atoms with van der Waals surface area (Å²) in [4.78, 5) is 7.10. The number of hydrogen-bond acceptors (Lipinski definition) is 4. The molecule has 2 N–H and O–H groups in total. The molecule has 0 aliphatic heterocycles. The number of guanidine groups is 1. The minimum Gasteiger partial charge on any atom is -0.382 e. The predicted octanol–water partition coefficient (Wildman–Crippen LogP) is 2.64. The van der Waals surface area contributed by atoms with E-state index in [9.17, 15) is 0 Å². The Balaban J connectivity index is 2.54. The Morgan fingerprint density at radius 3 is 2.52 bits per heavy atom. The molecule has 0 aliphatic carbocycles. The van der Waals surface area contributed by atoms with Gasteiger partial charge in [0.25, 0.3) is 0 Å². The second-order valence-electron chi connectivity index (χ2n) is 6.86. The molecule has 0 heterocycles. The largest absolute Gasteiger partial charge is 0.382 e. The van der Waals surface area contributed by atoms with Gasteiger partial charge in [-0.25, -0.2) is 4.99 Å². The molecule has 0 unspecified atom stereocenters. The van der Waals surface area contributed by atoms with E-state index >= 15 is 0 Å². The van der Waals surface area contributed by atoms with E-state index in [4.69, 9.17) is 14.5 Å². The van der Waals surface area contributed by atoms with Gasteiger partial charge in [-0.2, -0.15) is 0 Å². The van der Waals surface area contributed by atoms with E-state index in [2.05, 4.69) is 67.6 Å². The Hall–Kier alpha value is -1.63. The van der Waals surface area contributed by atoms with Crippen LogP contribution in [0.1, 0.15) is 38.3 Å². The third-order valence-electron chi connectivity index (χ3n) is 4.36. The maximum Gasteiger partial charge on any atom is 0.191 e. The Morgan fingerprint density at radius 1 is 1.11 bits per heavy atom. The smallest absolute Gasteiger partial charge is 0.191 e. The van der Waals surface area contributed by atoms with Gasteiger partial charge in [-0.1, -0.05) is 24.3 Å². The van der Waals surface area contributed by atoms with Crippen LogP contribution in [0.25, 0.3) is 0 Å². The summed E-state index contributed by atoms with van der Waals surface area (Å²) in [7, 11) is 3.84. The first-order valence-corrected chi connectivity index (χ1v) is 9.94. The average molecular weight is 379 g/mol. The van der Waals surface area contributed by atoms with Crippen molar-refractivity contribution in [3.8, 4) is 0 Å². The van der Waals surface area contributed by atoms with Gasteiger partial charge >= 0.3 is 0 Å². The maximum absolute atomic E-state index is 5.49. The van der Waals surface area contributed by atoms with Crippen molar-refractivity contribution in [1.29, 1.82) is 0 Å². The second-order valence-corrected chi connectivity index (χ2v) is 6.86. The molecule has 0 bridgehead atoms. The van der Waals surface area contributed by atoms with Crippen molar-refractivity contribution in [1.82, 2.24) is 15.5 Å². The Bertz CT molecular complexity index is 535. The summed E-state index contributed by atoms with van der Waals surface area (Å²) >= 11 is 0. The number of hydrogen-bond donors (Lipinski definition) is 2. The van der Waals surface area contributed by atoms with Gasteiger partial charge in [-0.15, -0.1) is 0 Å². The Morgan fingerprint density at radius 2 is 1.85 bits per heavy atom. The molecular formula is C21H38N4O2. The van der Waals surface area contributed by atoms with E-state index in [-0.39, 0.29) is 0 Å². The number of benzene rings is 1. The fourth-order valence-corrected chi connectivity index (χ4v) is 2.45. The van der Waals surface area contributed by atoms with Crippen LogP contribution >= 0.6 is 0 Å². The third kappa shape index (κ3) is 10.3. The summed E-state index contributed by atoms with van der Waals surface area (Å²) in [5, 5.41) is 6.69. The molecule has 0 atom stereocenters. The molecule has 0 fully saturated rings. The summed E-state index contributed by atoms with van der Waals surface area (Å²) in [5.41, 5.74) is 2.60. The molecule has 6 heteroatoms. The maximum atomic E-state index is 5.49. The summed E-state index contributed by atoms with van der Waals surface area (Å²) in [6.45, 7) is 11.8. The van der Waals surface area contributed by atoms with Gasteiger partial charge in [-0.05, 0) is 45.4 Å². The van der Waals surface area contributed by atoms with E-state index in [1.54, 1.807) is 7.11 Å². The summed E-state index contributed by atoms with van der Waals surface area (Å²) in [6, 6.07) is 9.07. The predicted molar refractivity (Wildman–Crippen MR) is 113 cm³/mol. The van der Waals surface area contributed by atoms with Gasteiger partial charge in [-0.3, -0.25) is 4.90 Å². The van der Waals surface area contributed by atoms with E-state index in [0.29, 0.717) is 25.8 Å². The van der Waals surface area contributed by atoms with E-state index in [1.165, 1.54) is 11.1 Å². The van der Waals surface area contributed by atoms with E-state index in [0.717, 1.165) is 38.6 Å². The summed E-state index contributed by atoms with van der Waals surface area (Å²) < 4.78 is 10.5. The van der Waals surface area contributed by atoms with E-state index in [1.807, 2.05) is 0 Å². The third-order valence-corrected chi connectivity index (χ3v) is 4.36. The molecule has 0 amide bonds. The quantitative estimate of drug-likeness (QED) is 0.314. The minimum absolute atomic E-state index is 0.520. The highest BCUT2D eigenvalue weighted by atomic mass is 16.5. The van der Waals surface area contributed by atoms with Crippen LogP contribution in [0.15, 0.2) is 29.3 Å². The van der Waals surface area contributed by atoms with Gasteiger partial charge < -0.3 is 20.1 Å². The van der Waals surface area contributed by atoms with Crippen molar-refractivity contribution in [3.63, 3.8) is 0 Å². The number of aliphatic imine (C=N–C) groups is 1. The lowest BCUT2D eigenvalue weighted by molar-refractivity contribution is 0.0698. The number of ether oxygens (including phenoxy) is 2. The molecule has 0 spiro atoms. The van der Waals surface area contributed by atoms with Crippen LogP contribution < -0.4 is 10.6 Å². The molecular weight excluding hydrogens is 340 g/mol. The highest BCUT2D eigenvalue weighted by molar-refractivity contribution is 5.79. The van der Waals surface area contributed by atoms with Gasteiger partial charge in [0.05, 0.1) is 19.8 Å². The van der Waals surface area contributed by atoms with Crippen LogP contribution in [0, 0.1) is 0 Å². The monoisotopic (exact) mass is 378 g/mol. The normalized spacial score (nSPS) is 12.0. The fraction of sp³-hybridized carbons (Fsp3) is 0.667. The number of nitrogens with zero attached hydrogens (tertiary/aromatic N) is 2. The summed E-state index contributed by atoms with van der Waals surface area (Å²) in [6.07, 6.45) is 0.934. The van der Waals surface area contributed by atoms with Crippen LogP contribution in [0.3, 0.4) is 0 Å². The lowest BCUT2D eigenvalue weighted by Crippen LogP contribution is -2.38. The van der Waals surface area contributed by atoms with Crippen molar-refractivity contribution >= 4 is 5.96 Å². The minimum atomic E-state index is 0.520. The Kier molecular flexibility index (Phi) is 12.5. The van der Waals surface area contributed by atoms with Crippen molar-refractivity contribution in [2.75, 3.05) is 47.1 Å². The van der Waals surface area contributed by atoms with Gasteiger partial charge in [0, 0.05) is 39.4 Å². The first-order chi connectivity index (χ1) is 13.1. The van der Waals surface area contributed by atoms with Crippen LogP contribution in [0.5, 0.6) is 0 Å². The lowest BCUT2D eigenvalue weighted by atomic mass is 10.1. The summed E-state index contributed by atoms with van der Waals surface area (Å²) in [5.74, 6) is 0.849. The lowest BCUT2D eigenvalue weighted by Gasteiger charge is -2.22. The molecule has 0 aliphatic rings. The fourth-order valence-electron chi connectivity index (χ4n) is 2.45. The zero-order valence-corrected chi connectivity index (χ0v) is 17.8. The number of rotatable bonds is 13. The molecule has 1 rings (SSSR count). The highest BCUT2D eigenvalue weighted by Gasteiger charge is 2.08.